The monoisotopic (exact) mass is 301 g/mol. The molecule has 0 aliphatic carbocycles. The van der Waals surface area contributed by atoms with E-state index in [4.69, 9.17) is 0 Å². The first-order valence-corrected chi connectivity index (χ1v) is 7.97. The Hall–Kier alpha value is -1.75. The standard InChI is InChI=1S/C16H19N3OS/c1-12-14(21-18-17-12)10-19-11-16(2,9-8-15(19)20)13-6-4-3-5-7-13/h3-7H,8-11H2,1-2H3/t16-/m0/s1. The molecule has 1 fully saturated rings. The molecule has 0 unspecified atom stereocenters. The van der Waals surface area contributed by atoms with Gasteiger partial charge in [-0.1, -0.05) is 41.7 Å². The first-order valence-electron chi connectivity index (χ1n) is 7.20. The van der Waals surface area contributed by atoms with E-state index in [9.17, 15) is 4.79 Å². The van der Waals surface area contributed by atoms with Crippen LogP contribution in [0.3, 0.4) is 0 Å². The molecule has 1 amide bonds. The van der Waals surface area contributed by atoms with Crippen molar-refractivity contribution in [3.8, 4) is 0 Å². The highest BCUT2D eigenvalue weighted by atomic mass is 32.1. The summed E-state index contributed by atoms with van der Waals surface area (Å²) in [6.45, 7) is 5.58. The zero-order chi connectivity index (χ0) is 14.9. The maximum atomic E-state index is 12.2. The smallest absolute Gasteiger partial charge is 0.222 e. The molecular formula is C16H19N3OS. The van der Waals surface area contributed by atoms with Crippen molar-refractivity contribution in [2.45, 2.75) is 38.6 Å². The molecule has 5 heteroatoms. The van der Waals surface area contributed by atoms with E-state index in [0.29, 0.717) is 13.0 Å². The summed E-state index contributed by atoms with van der Waals surface area (Å²) < 4.78 is 3.96. The molecule has 2 heterocycles. The summed E-state index contributed by atoms with van der Waals surface area (Å²) in [5.74, 6) is 0.233. The molecule has 1 aliphatic heterocycles. The van der Waals surface area contributed by atoms with E-state index < -0.39 is 0 Å². The van der Waals surface area contributed by atoms with E-state index in [0.717, 1.165) is 23.5 Å². The van der Waals surface area contributed by atoms with Crippen molar-refractivity contribution in [1.29, 1.82) is 0 Å². The summed E-state index contributed by atoms with van der Waals surface area (Å²) in [4.78, 5) is 15.3. The molecule has 0 bridgehead atoms. The van der Waals surface area contributed by atoms with Crippen LogP contribution in [0.2, 0.25) is 0 Å². The molecule has 2 aromatic rings. The minimum Gasteiger partial charge on any atom is -0.337 e. The Balaban J connectivity index is 1.82. The number of carbonyl (C=O) groups is 1. The van der Waals surface area contributed by atoms with Crippen molar-refractivity contribution in [2.24, 2.45) is 0 Å². The Morgan fingerprint density at radius 2 is 2.10 bits per heavy atom. The highest BCUT2D eigenvalue weighted by molar-refractivity contribution is 7.05. The molecule has 110 valence electrons. The Bertz CT molecular complexity index is 640. The van der Waals surface area contributed by atoms with Gasteiger partial charge in [-0.25, -0.2) is 0 Å². The van der Waals surface area contributed by atoms with Gasteiger partial charge in [-0.2, -0.15) is 0 Å². The largest absolute Gasteiger partial charge is 0.337 e. The number of benzene rings is 1. The van der Waals surface area contributed by atoms with E-state index in [1.807, 2.05) is 17.9 Å². The third kappa shape index (κ3) is 2.83. The van der Waals surface area contributed by atoms with E-state index in [2.05, 4.69) is 40.8 Å². The summed E-state index contributed by atoms with van der Waals surface area (Å²) in [7, 11) is 0. The minimum atomic E-state index is 0.0290. The molecule has 0 radical (unpaired) electrons. The normalized spacial score (nSPS) is 22.6. The van der Waals surface area contributed by atoms with Gasteiger partial charge >= 0.3 is 0 Å². The summed E-state index contributed by atoms with van der Waals surface area (Å²) >= 11 is 1.39. The molecule has 1 aromatic carbocycles. The molecule has 3 rings (SSSR count). The second-order valence-electron chi connectivity index (χ2n) is 5.96. The number of amides is 1. The van der Waals surface area contributed by atoms with Crippen LogP contribution in [0.4, 0.5) is 0 Å². The molecule has 1 saturated heterocycles. The van der Waals surface area contributed by atoms with E-state index in [1.165, 1.54) is 17.1 Å². The van der Waals surface area contributed by atoms with Crippen LogP contribution in [-0.4, -0.2) is 26.9 Å². The Kier molecular flexibility index (Phi) is 3.76. The number of rotatable bonds is 3. The van der Waals surface area contributed by atoms with Gasteiger partial charge in [0, 0.05) is 18.4 Å². The minimum absolute atomic E-state index is 0.0290. The molecule has 21 heavy (non-hydrogen) atoms. The van der Waals surface area contributed by atoms with Gasteiger partial charge in [-0.15, -0.1) is 5.10 Å². The van der Waals surface area contributed by atoms with Crippen molar-refractivity contribution < 1.29 is 4.79 Å². The van der Waals surface area contributed by atoms with Gasteiger partial charge in [0.2, 0.25) is 5.91 Å². The molecule has 1 aliphatic rings. The van der Waals surface area contributed by atoms with Gasteiger partial charge in [0.15, 0.2) is 0 Å². The van der Waals surface area contributed by atoms with Crippen molar-refractivity contribution in [3.05, 3.63) is 46.5 Å². The van der Waals surface area contributed by atoms with Gasteiger partial charge in [0.1, 0.15) is 0 Å². The first-order chi connectivity index (χ1) is 10.1. The molecule has 4 nitrogen and oxygen atoms in total. The number of hydrogen-bond acceptors (Lipinski definition) is 4. The number of hydrogen-bond donors (Lipinski definition) is 0. The maximum Gasteiger partial charge on any atom is 0.222 e. The lowest BCUT2D eigenvalue weighted by atomic mass is 9.75. The quantitative estimate of drug-likeness (QED) is 0.875. The van der Waals surface area contributed by atoms with Gasteiger partial charge in [-0.05, 0) is 30.4 Å². The number of carbonyl (C=O) groups excluding carboxylic acids is 1. The van der Waals surface area contributed by atoms with E-state index in [1.54, 1.807) is 0 Å². The maximum absolute atomic E-state index is 12.2. The SMILES string of the molecule is Cc1nnsc1CN1C[C@@](C)(c2ccccc2)CCC1=O. The van der Waals surface area contributed by atoms with Crippen molar-refractivity contribution in [3.63, 3.8) is 0 Å². The van der Waals surface area contributed by atoms with Crippen LogP contribution < -0.4 is 0 Å². The first kappa shape index (κ1) is 14.2. The average Bonchev–Trinajstić information content (AvgIpc) is 2.89. The van der Waals surface area contributed by atoms with E-state index >= 15 is 0 Å². The second kappa shape index (κ2) is 5.56. The summed E-state index contributed by atoms with van der Waals surface area (Å²) in [6.07, 6.45) is 1.52. The Morgan fingerprint density at radius 1 is 1.33 bits per heavy atom. The Labute approximate surface area is 129 Å². The van der Waals surface area contributed by atoms with Crippen molar-refractivity contribution in [1.82, 2.24) is 14.5 Å². The molecule has 0 N–H and O–H groups in total. The van der Waals surface area contributed by atoms with Crippen LogP contribution in [0.5, 0.6) is 0 Å². The molecule has 1 atom stereocenters. The lowest BCUT2D eigenvalue weighted by Gasteiger charge is -2.40. The third-order valence-electron chi connectivity index (χ3n) is 4.33. The summed E-state index contributed by atoms with van der Waals surface area (Å²) in [5, 5.41) is 4.03. The number of aryl methyl sites for hydroxylation is 1. The lowest BCUT2D eigenvalue weighted by molar-refractivity contribution is -0.136. The summed E-state index contributed by atoms with van der Waals surface area (Å²) in [5.41, 5.74) is 2.27. The van der Waals surface area contributed by atoms with Gasteiger partial charge in [0.25, 0.3) is 0 Å². The topological polar surface area (TPSA) is 46.1 Å². The zero-order valence-electron chi connectivity index (χ0n) is 12.4. The molecule has 0 saturated carbocycles. The third-order valence-corrected chi connectivity index (χ3v) is 5.14. The van der Waals surface area contributed by atoms with Crippen LogP contribution in [0, 0.1) is 6.92 Å². The fraction of sp³-hybridized carbons (Fsp3) is 0.438. The predicted molar refractivity (Wildman–Crippen MR) is 83.1 cm³/mol. The Morgan fingerprint density at radius 3 is 2.76 bits per heavy atom. The highest BCUT2D eigenvalue weighted by Crippen LogP contribution is 2.34. The molecular weight excluding hydrogens is 282 g/mol. The fourth-order valence-electron chi connectivity index (χ4n) is 2.92. The number of nitrogens with zero attached hydrogens (tertiary/aromatic N) is 3. The van der Waals surface area contributed by atoms with Crippen LogP contribution >= 0.6 is 11.5 Å². The van der Waals surface area contributed by atoms with Gasteiger partial charge < -0.3 is 4.90 Å². The van der Waals surface area contributed by atoms with Crippen molar-refractivity contribution >= 4 is 17.4 Å². The molecule has 0 spiro atoms. The van der Waals surface area contributed by atoms with Crippen LogP contribution in [0.15, 0.2) is 30.3 Å². The lowest BCUT2D eigenvalue weighted by Crippen LogP contribution is -2.46. The highest BCUT2D eigenvalue weighted by Gasteiger charge is 2.36. The average molecular weight is 301 g/mol. The van der Waals surface area contributed by atoms with Crippen LogP contribution in [0.1, 0.15) is 35.9 Å². The second-order valence-corrected chi connectivity index (χ2v) is 6.80. The van der Waals surface area contributed by atoms with Crippen LogP contribution in [-0.2, 0) is 16.8 Å². The summed E-state index contributed by atoms with van der Waals surface area (Å²) in [6, 6.07) is 10.5. The predicted octanol–water partition coefficient (Wildman–Crippen LogP) is 2.93. The fourth-order valence-corrected chi connectivity index (χ4v) is 3.57. The van der Waals surface area contributed by atoms with E-state index in [-0.39, 0.29) is 11.3 Å². The zero-order valence-corrected chi connectivity index (χ0v) is 13.2. The van der Waals surface area contributed by atoms with Gasteiger partial charge in [-0.3, -0.25) is 4.79 Å². The number of piperidine rings is 1. The number of aromatic nitrogens is 2. The van der Waals surface area contributed by atoms with Crippen molar-refractivity contribution in [2.75, 3.05) is 6.54 Å². The number of likely N-dealkylation sites (tertiary alicyclic amines) is 1. The van der Waals surface area contributed by atoms with Gasteiger partial charge in [0.05, 0.1) is 17.1 Å². The van der Waals surface area contributed by atoms with Crippen LogP contribution in [0.25, 0.3) is 0 Å². The molecule has 1 aromatic heterocycles.